The molecule has 0 aliphatic heterocycles. The number of hydrogen-bond donors (Lipinski definition) is 3. The number of amides is 1. The summed E-state index contributed by atoms with van der Waals surface area (Å²) in [4.78, 5) is 19.0. The van der Waals surface area contributed by atoms with Gasteiger partial charge in [-0.2, -0.15) is 0 Å². The van der Waals surface area contributed by atoms with Crippen molar-refractivity contribution in [1.29, 1.82) is 0 Å². The highest BCUT2D eigenvalue weighted by Gasteiger charge is 2.03. The van der Waals surface area contributed by atoms with Gasteiger partial charge in [-0.3, -0.25) is 4.79 Å². The van der Waals surface area contributed by atoms with Gasteiger partial charge in [-0.05, 0) is 6.92 Å². The lowest BCUT2D eigenvalue weighted by Crippen LogP contribution is -2.34. The predicted molar refractivity (Wildman–Crippen MR) is 58.9 cm³/mol. The molecule has 1 heterocycles. The third-order valence-corrected chi connectivity index (χ3v) is 1.85. The third kappa shape index (κ3) is 4.81. The maximum Gasteiger partial charge on any atom is 0.254 e. The first-order valence-corrected chi connectivity index (χ1v) is 5.12. The van der Waals surface area contributed by atoms with Crippen LogP contribution in [0.25, 0.3) is 0 Å². The monoisotopic (exact) mass is 224 g/mol. The van der Waals surface area contributed by atoms with E-state index in [0.29, 0.717) is 25.2 Å². The molecule has 1 amide bonds. The summed E-state index contributed by atoms with van der Waals surface area (Å²) in [7, 11) is 0. The van der Waals surface area contributed by atoms with Crippen molar-refractivity contribution in [3.05, 3.63) is 24.3 Å². The molecule has 0 radical (unpaired) electrons. The normalized spacial score (nSPS) is 12.1. The number of rotatable bonds is 6. The molecule has 0 spiro atoms. The fourth-order valence-electron chi connectivity index (χ4n) is 1.09. The van der Waals surface area contributed by atoms with Crippen LogP contribution in [0.2, 0.25) is 0 Å². The lowest BCUT2D eigenvalue weighted by molar-refractivity contribution is 0.0953. The molecule has 0 saturated carbocycles. The van der Waals surface area contributed by atoms with E-state index in [1.165, 1.54) is 18.7 Å². The molecule has 1 rings (SSSR count). The zero-order valence-electron chi connectivity index (χ0n) is 9.18. The van der Waals surface area contributed by atoms with Gasteiger partial charge < -0.3 is 15.7 Å². The number of aliphatic hydroxyl groups excluding tert-OH is 1. The Hall–Kier alpha value is -1.53. The van der Waals surface area contributed by atoms with Crippen LogP contribution < -0.4 is 10.6 Å². The van der Waals surface area contributed by atoms with E-state index in [9.17, 15) is 4.79 Å². The number of nitrogens with zero attached hydrogens (tertiary/aromatic N) is 2. The predicted octanol–water partition coefficient (Wildman–Crippen LogP) is -0.823. The molecule has 0 aromatic carbocycles. The zero-order chi connectivity index (χ0) is 11.8. The van der Waals surface area contributed by atoms with Crippen LogP contribution in [0.5, 0.6) is 0 Å². The Morgan fingerprint density at radius 3 is 2.75 bits per heavy atom. The second kappa shape index (κ2) is 6.86. The van der Waals surface area contributed by atoms with Crippen molar-refractivity contribution in [1.82, 2.24) is 20.6 Å². The molecule has 0 aliphatic rings. The van der Waals surface area contributed by atoms with Gasteiger partial charge in [0.2, 0.25) is 0 Å². The van der Waals surface area contributed by atoms with Crippen LogP contribution in [0.1, 0.15) is 17.3 Å². The molecule has 1 aromatic rings. The molecule has 1 atom stereocenters. The van der Waals surface area contributed by atoms with E-state index in [-0.39, 0.29) is 12.0 Å². The largest absolute Gasteiger partial charge is 0.392 e. The first-order valence-electron chi connectivity index (χ1n) is 5.12. The van der Waals surface area contributed by atoms with Crippen molar-refractivity contribution in [2.75, 3.05) is 19.6 Å². The van der Waals surface area contributed by atoms with Crippen LogP contribution in [0.3, 0.4) is 0 Å². The highest BCUT2D eigenvalue weighted by Crippen LogP contribution is 1.91. The Labute approximate surface area is 94.1 Å². The van der Waals surface area contributed by atoms with Crippen molar-refractivity contribution in [2.24, 2.45) is 0 Å². The SMILES string of the molecule is CC(O)CNCCNC(=O)c1cncnc1. The Balaban J connectivity index is 2.16. The summed E-state index contributed by atoms with van der Waals surface area (Å²) in [5.74, 6) is -0.195. The summed E-state index contributed by atoms with van der Waals surface area (Å²) in [6.07, 6.45) is 3.93. The van der Waals surface area contributed by atoms with E-state index < -0.39 is 0 Å². The molecule has 0 aliphatic carbocycles. The number of hydrogen-bond acceptors (Lipinski definition) is 5. The van der Waals surface area contributed by atoms with Crippen LogP contribution in [0.15, 0.2) is 18.7 Å². The number of carbonyl (C=O) groups excluding carboxylic acids is 1. The van der Waals surface area contributed by atoms with Gasteiger partial charge in [-0.15, -0.1) is 0 Å². The lowest BCUT2D eigenvalue weighted by Gasteiger charge is -2.07. The number of aromatic nitrogens is 2. The molecular weight excluding hydrogens is 208 g/mol. The van der Waals surface area contributed by atoms with Gasteiger partial charge in [0.1, 0.15) is 6.33 Å². The summed E-state index contributed by atoms with van der Waals surface area (Å²) in [5, 5.41) is 14.7. The second-order valence-electron chi connectivity index (χ2n) is 3.44. The molecule has 0 saturated heterocycles. The Bertz CT molecular complexity index is 316. The minimum atomic E-state index is -0.377. The molecule has 0 bridgehead atoms. The average molecular weight is 224 g/mol. The molecular formula is C10H16N4O2. The first kappa shape index (κ1) is 12.5. The Morgan fingerprint density at radius 1 is 1.44 bits per heavy atom. The van der Waals surface area contributed by atoms with Gasteiger partial charge in [-0.1, -0.05) is 0 Å². The summed E-state index contributed by atoms with van der Waals surface area (Å²) in [6.45, 7) is 3.34. The lowest BCUT2D eigenvalue weighted by atomic mass is 10.3. The molecule has 16 heavy (non-hydrogen) atoms. The highest BCUT2D eigenvalue weighted by atomic mass is 16.3. The van der Waals surface area contributed by atoms with E-state index in [0.717, 1.165) is 0 Å². The molecule has 88 valence electrons. The summed E-state index contributed by atoms with van der Waals surface area (Å²) in [6, 6.07) is 0. The smallest absolute Gasteiger partial charge is 0.254 e. The standard InChI is InChI=1S/C10H16N4O2/c1-8(15)4-11-2-3-14-10(16)9-5-12-7-13-6-9/h5-8,11,15H,2-4H2,1H3,(H,14,16). The fraction of sp³-hybridized carbons (Fsp3) is 0.500. The summed E-state index contributed by atoms with van der Waals surface area (Å²) in [5.41, 5.74) is 0.443. The maximum atomic E-state index is 11.5. The van der Waals surface area contributed by atoms with Crippen molar-refractivity contribution in [3.63, 3.8) is 0 Å². The van der Waals surface area contributed by atoms with E-state index in [1.54, 1.807) is 6.92 Å². The van der Waals surface area contributed by atoms with Crippen molar-refractivity contribution < 1.29 is 9.90 Å². The van der Waals surface area contributed by atoms with E-state index in [1.807, 2.05) is 0 Å². The van der Waals surface area contributed by atoms with Crippen LogP contribution in [-0.4, -0.2) is 46.7 Å². The summed E-state index contributed by atoms with van der Waals surface area (Å²) < 4.78 is 0. The summed E-state index contributed by atoms with van der Waals surface area (Å²) >= 11 is 0. The van der Waals surface area contributed by atoms with Gasteiger partial charge in [0.05, 0.1) is 11.7 Å². The molecule has 0 fully saturated rings. The van der Waals surface area contributed by atoms with E-state index >= 15 is 0 Å². The first-order chi connectivity index (χ1) is 7.70. The minimum Gasteiger partial charge on any atom is -0.392 e. The second-order valence-corrected chi connectivity index (χ2v) is 3.44. The van der Waals surface area contributed by atoms with Crippen LogP contribution in [-0.2, 0) is 0 Å². The van der Waals surface area contributed by atoms with Gasteiger partial charge in [0.15, 0.2) is 0 Å². The number of aliphatic hydroxyl groups is 1. The maximum absolute atomic E-state index is 11.5. The van der Waals surface area contributed by atoms with Crippen molar-refractivity contribution in [3.8, 4) is 0 Å². The zero-order valence-corrected chi connectivity index (χ0v) is 9.18. The topological polar surface area (TPSA) is 87.1 Å². The Morgan fingerprint density at radius 2 is 2.12 bits per heavy atom. The van der Waals surface area contributed by atoms with Crippen LogP contribution in [0, 0.1) is 0 Å². The van der Waals surface area contributed by atoms with E-state index in [4.69, 9.17) is 5.11 Å². The highest BCUT2D eigenvalue weighted by molar-refractivity contribution is 5.93. The average Bonchev–Trinajstić information content (AvgIpc) is 2.29. The van der Waals surface area contributed by atoms with Crippen LogP contribution in [0.4, 0.5) is 0 Å². The van der Waals surface area contributed by atoms with Crippen molar-refractivity contribution in [2.45, 2.75) is 13.0 Å². The van der Waals surface area contributed by atoms with Gasteiger partial charge in [0, 0.05) is 32.0 Å². The molecule has 1 unspecified atom stereocenters. The molecule has 3 N–H and O–H groups in total. The quantitative estimate of drug-likeness (QED) is 0.549. The third-order valence-electron chi connectivity index (χ3n) is 1.85. The van der Waals surface area contributed by atoms with Gasteiger partial charge >= 0.3 is 0 Å². The van der Waals surface area contributed by atoms with Gasteiger partial charge in [-0.25, -0.2) is 9.97 Å². The molecule has 1 aromatic heterocycles. The molecule has 6 nitrogen and oxygen atoms in total. The number of carbonyl (C=O) groups is 1. The van der Waals surface area contributed by atoms with E-state index in [2.05, 4.69) is 20.6 Å². The number of nitrogens with one attached hydrogen (secondary N) is 2. The molecule has 6 heteroatoms. The van der Waals surface area contributed by atoms with Gasteiger partial charge in [0.25, 0.3) is 5.91 Å². The fourth-order valence-corrected chi connectivity index (χ4v) is 1.09. The van der Waals surface area contributed by atoms with Crippen LogP contribution >= 0.6 is 0 Å². The minimum absolute atomic E-state index is 0.195. The Kier molecular flexibility index (Phi) is 5.38. The van der Waals surface area contributed by atoms with Crippen molar-refractivity contribution >= 4 is 5.91 Å².